The second kappa shape index (κ2) is 6.39. The molecule has 2 aliphatic rings. The predicted molar refractivity (Wildman–Crippen MR) is 93.4 cm³/mol. The minimum Gasteiger partial charge on any atom is -0.481 e. The number of fused-ring (bicyclic) bond motifs is 1. The number of aromatic amines is 1. The van der Waals surface area contributed by atoms with E-state index in [4.69, 9.17) is 0 Å². The smallest absolute Gasteiger partial charge is 0.313 e. The number of rotatable bonds is 3. The third kappa shape index (κ3) is 2.64. The quantitative estimate of drug-likeness (QED) is 0.896. The number of nitrogens with zero attached hydrogens (tertiary/aromatic N) is 1. The molecule has 1 amide bonds. The van der Waals surface area contributed by atoms with Crippen LogP contribution in [-0.4, -0.2) is 32.9 Å². The molecule has 2 atom stereocenters. The lowest BCUT2D eigenvalue weighted by Crippen LogP contribution is -2.50. The van der Waals surface area contributed by atoms with Crippen LogP contribution in [0.15, 0.2) is 42.6 Å². The molecule has 25 heavy (non-hydrogen) atoms. The third-order valence-electron chi connectivity index (χ3n) is 5.55. The van der Waals surface area contributed by atoms with E-state index < -0.39 is 17.9 Å². The van der Waals surface area contributed by atoms with Crippen molar-refractivity contribution in [2.45, 2.75) is 50.1 Å². The summed E-state index contributed by atoms with van der Waals surface area (Å²) < 4.78 is 0. The summed E-state index contributed by atoms with van der Waals surface area (Å²) in [5, 5.41) is 10.0. The lowest BCUT2D eigenvalue weighted by Gasteiger charge is -2.45. The van der Waals surface area contributed by atoms with Gasteiger partial charge < -0.3 is 15.0 Å². The molecule has 130 valence electrons. The summed E-state index contributed by atoms with van der Waals surface area (Å²) in [7, 11) is 0. The van der Waals surface area contributed by atoms with E-state index in [0.717, 1.165) is 31.4 Å². The molecular weight excluding hydrogens is 316 g/mol. The summed E-state index contributed by atoms with van der Waals surface area (Å²) in [4.78, 5) is 30.5. The number of carbonyl (C=O) groups excluding carboxylic acids is 1. The second-order valence-corrected chi connectivity index (χ2v) is 6.98. The van der Waals surface area contributed by atoms with Crippen LogP contribution in [0.3, 0.4) is 0 Å². The van der Waals surface area contributed by atoms with Crippen molar-refractivity contribution in [2.24, 2.45) is 0 Å². The highest BCUT2D eigenvalue weighted by Crippen LogP contribution is 2.45. The Kier molecular flexibility index (Phi) is 4.07. The molecule has 5 heteroatoms. The Hall–Kier alpha value is -2.56. The number of aromatic nitrogens is 1. The molecule has 1 aromatic heterocycles. The van der Waals surface area contributed by atoms with Crippen molar-refractivity contribution >= 4 is 11.9 Å². The molecule has 0 radical (unpaired) electrons. The van der Waals surface area contributed by atoms with E-state index >= 15 is 0 Å². The monoisotopic (exact) mass is 338 g/mol. The van der Waals surface area contributed by atoms with E-state index in [9.17, 15) is 14.7 Å². The number of carbonyl (C=O) groups is 2. The van der Waals surface area contributed by atoms with E-state index in [2.05, 4.69) is 4.98 Å². The molecule has 2 heterocycles. The number of carboxylic acid groups (broad SMARTS) is 1. The first kappa shape index (κ1) is 15.9. The van der Waals surface area contributed by atoms with Crippen molar-refractivity contribution in [1.82, 2.24) is 9.88 Å². The molecule has 2 aromatic rings. The summed E-state index contributed by atoms with van der Waals surface area (Å²) >= 11 is 0. The zero-order valence-electron chi connectivity index (χ0n) is 14.0. The van der Waals surface area contributed by atoms with Gasteiger partial charge in [-0.15, -0.1) is 0 Å². The summed E-state index contributed by atoms with van der Waals surface area (Å²) in [6, 6.07) is 10.5. The van der Waals surface area contributed by atoms with Gasteiger partial charge in [-0.2, -0.15) is 0 Å². The number of amides is 1. The Morgan fingerprint density at radius 1 is 1.08 bits per heavy atom. The maximum Gasteiger partial charge on any atom is 0.313 e. The Labute approximate surface area is 146 Å². The highest BCUT2D eigenvalue weighted by atomic mass is 16.4. The van der Waals surface area contributed by atoms with Crippen molar-refractivity contribution in [3.63, 3.8) is 0 Å². The highest BCUT2D eigenvalue weighted by Gasteiger charge is 2.47. The average Bonchev–Trinajstić information content (AvgIpc) is 3.16. The van der Waals surface area contributed by atoms with Crippen LogP contribution in [-0.2, 0) is 4.79 Å². The molecule has 1 aromatic carbocycles. The standard InChI is InChI=1S/C20H22N2O3/c23-19-15-10-5-4-9-14(15)17(20(24)25)18(16-11-6-12-21-16)22(19)13-7-2-1-3-8-13/h4-6,9-13,17-18,21H,1-3,7-8H2,(H,24,25). The maximum atomic E-state index is 13.3. The fraction of sp³-hybridized carbons (Fsp3) is 0.400. The number of benzene rings is 1. The van der Waals surface area contributed by atoms with Crippen molar-refractivity contribution in [1.29, 1.82) is 0 Å². The lowest BCUT2D eigenvalue weighted by molar-refractivity contribution is -0.141. The number of hydrogen-bond acceptors (Lipinski definition) is 2. The SMILES string of the molecule is O=C(O)C1c2ccccc2C(=O)N(C2CCCCC2)C1c1ccc[nH]1. The minimum atomic E-state index is -0.889. The van der Waals surface area contributed by atoms with Gasteiger partial charge in [0.1, 0.15) is 5.92 Å². The predicted octanol–water partition coefficient (Wildman–Crippen LogP) is 3.71. The van der Waals surface area contributed by atoms with Gasteiger partial charge in [-0.05, 0) is 36.6 Å². The fourth-order valence-corrected chi connectivity index (χ4v) is 4.44. The van der Waals surface area contributed by atoms with Crippen LogP contribution in [0.2, 0.25) is 0 Å². The van der Waals surface area contributed by atoms with E-state index in [1.807, 2.05) is 29.2 Å². The van der Waals surface area contributed by atoms with Crippen molar-refractivity contribution in [3.8, 4) is 0 Å². The fourth-order valence-electron chi connectivity index (χ4n) is 4.44. The summed E-state index contributed by atoms with van der Waals surface area (Å²) in [6.07, 6.45) is 7.04. The van der Waals surface area contributed by atoms with Gasteiger partial charge in [-0.3, -0.25) is 9.59 Å². The molecule has 1 fully saturated rings. The number of hydrogen-bond donors (Lipinski definition) is 2. The zero-order chi connectivity index (χ0) is 17.4. The molecule has 2 unspecified atom stereocenters. The first-order valence-electron chi connectivity index (χ1n) is 8.96. The van der Waals surface area contributed by atoms with E-state index in [-0.39, 0.29) is 11.9 Å². The molecule has 5 nitrogen and oxygen atoms in total. The van der Waals surface area contributed by atoms with Crippen LogP contribution in [0.4, 0.5) is 0 Å². The maximum absolute atomic E-state index is 13.3. The molecule has 1 aliphatic heterocycles. The first-order valence-corrected chi connectivity index (χ1v) is 8.96. The van der Waals surface area contributed by atoms with Gasteiger partial charge >= 0.3 is 5.97 Å². The molecule has 0 spiro atoms. The van der Waals surface area contributed by atoms with Gasteiger partial charge in [-0.1, -0.05) is 37.5 Å². The summed E-state index contributed by atoms with van der Waals surface area (Å²) in [5.74, 6) is -1.69. The Balaban J connectivity index is 1.88. The van der Waals surface area contributed by atoms with Crippen molar-refractivity contribution < 1.29 is 14.7 Å². The highest BCUT2D eigenvalue weighted by molar-refractivity contribution is 6.00. The number of nitrogens with one attached hydrogen (secondary N) is 1. The van der Waals surface area contributed by atoms with Crippen molar-refractivity contribution in [2.75, 3.05) is 0 Å². The molecular formula is C20H22N2O3. The molecule has 1 aliphatic carbocycles. The number of carboxylic acids is 1. The number of aliphatic carboxylic acids is 1. The van der Waals surface area contributed by atoms with Crippen LogP contribution in [0.25, 0.3) is 0 Å². The van der Waals surface area contributed by atoms with Gasteiger partial charge in [0.2, 0.25) is 0 Å². The van der Waals surface area contributed by atoms with Crippen LogP contribution in [0.1, 0.15) is 65.7 Å². The number of H-pyrrole nitrogens is 1. The topological polar surface area (TPSA) is 73.4 Å². The lowest BCUT2D eigenvalue weighted by atomic mass is 9.79. The van der Waals surface area contributed by atoms with E-state index in [1.165, 1.54) is 6.42 Å². The van der Waals surface area contributed by atoms with Crippen LogP contribution in [0, 0.1) is 0 Å². The summed E-state index contributed by atoms with van der Waals surface area (Å²) in [5.41, 5.74) is 1.94. The van der Waals surface area contributed by atoms with E-state index in [0.29, 0.717) is 11.1 Å². The van der Waals surface area contributed by atoms with Gasteiger partial charge in [-0.25, -0.2) is 0 Å². The molecule has 0 bridgehead atoms. The second-order valence-electron chi connectivity index (χ2n) is 6.98. The van der Waals surface area contributed by atoms with Crippen LogP contribution < -0.4 is 0 Å². The molecule has 2 N–H and O–H groups in total. The molecule has 4 rings (SSSR count). The normalized spacial score (nSPS) is 24.2. The van der Waals surface area contributed by atoms with Crippen molar-refractivity contribution in [3.05, 3.63) is 59.4 Å². The average molecular weight is 338 g/mol. The Morgan fingerprint density at radius 2 is 1.84 bits per heavy atom. The van der Waals surface area contributed by atoms with Gasteiger partial charge in [0.15, 0.2) is 0 Å². The van der Waals surface area contributed by atoms with Crippen LogP contribution in [0.5, 0.6) is 0 Å². The Bertz CT molecular complexity index is 778. The van der Waals surface area contributed by atoms with Gasteiger partial charge in [0.05, 0.1) is 6.04 Å². The minimum absolute atomic E-state index is 0.0420. The summed E-state index contributed by atoms with van der Waals surface area (Å²) in [6.45, 7) is 0. The Morgan fingerprint density at radius 3 is 2.52 bits per heavy atom. The molecule has 1 saturated carbocycles. The zero-order valence-corrected chi connectivity index (χ0v) is 14.0. The third-order valence-corrected chi connectivity index (χ3v) is 5.55. The van der Waals surface area contributed by atoms with Crippen LogP contribution >= 0.6 is 0 Å². The van der Waals surface area contributed by atoms with Gasteiger partial charge in [0.25, 0.3) is 5.91 Å². The largest absolute Gasteiger partial charge is 0.481 e. The van der Waals surface area contributed by atoms with Gasteiger partial charge in [0, 0.05) is 23.5 Å². The molecule has 0 saturated heterocycles. The van der Waals surface area contributed by atoms with E-state index in [1.54, 1.807) is 18.3 Å². The first-order chi connectivity index (χ1) is 12.2.